The van der Waals surface area contributed by atoms with E-state index in [0.717, 1.165) is 27.0 Å². The number of carbonyl (C=O) groups excluding carboxylic acids is 1. The maximum atomic E-state index is 12.4. The van der Waals surface area contributed by atoms with Gasteiger partial charge in [-0.05, 0) is 30.6 Å². The minimum absolute atomic E-state index is 0.247. The molecule has 0 fully saturated rings. The topological polar surface area (TPSA) is 80.0 Å². The minimum Gasteiger partial charge on any atom is -0.367 e. The van der Waals surface area contributed by atoms with E-state index >= 15 is 0 Å². The summed E-state index contributed by atoms with van der Waals surface area (Å²) in [7, 11) is 0. The largest absolute Gasteiger partial charge is 0.367 e. The molecule has 0 aliphatic carbocycles. The van der Waals surface area contributed by atoms with Gasteiger partial charge in [0.2, 0.25) is 0 Å². The predicted octanol–water partition coefficient (Wildman–Crippen LogP) is 4.10. The van der Waals surface area contributed by atoms with Crippen LogP contribution in [0.25, 0.3) is 21.4 Å². The highest BCUT2D eigenvalue weighted by Gasteiger charge is 2.19. The summed E-state index contributed by atoms with van der Waals surface area (Å²) in [5, 5.41) is 11.2. The predicted molar refractivity (Wildman–Crippen MR) is 107 cm³/mol. The average Bonchev–Trinajstić information content (AvgIpc) is 3.29. The van der Waals surface area contributed by atoms with Crippen molar-refractivity contribution in [1.82, 2.24) is 14.8 Å². The molecule has 1 amide bonds. The quantitative estimate of drug-likeness (QED) is 0.494. The summed E-state index contributed by atoms with van der Waals surface area (Å²) in [6.07, 6.45) is 0. The number of anilines is 1. The number of aromatic nitrogens is 2. The zero-order chi connectivity index (χ0) is 18.6. The molecule has 2 heterocycles. The fourth-order valence-electron chi connectivity index (χ4n) is 2.86. The molecule has 2 N–H and O–H groups in total. The van der Waals surface area contributed by atoms with Crippen LogP contribution in [0.1, 0.15) is 16.1 Å². The van der Waals surface area contributed by atoms with Crippen molar-refractivity contribution in [2.45, 2.75) is 6.92 Å². The molecule has 2 aromatic carbocycles. The van der Waals surface area contributed by atoms with Crippen molar-refractivity contribution in [3.8, 4) is 11.3 Å². The lowest BCUT2D eigenvalue weighted by atomic mass is 10.1. The monoisotopic (exact) mass is 378 g/mol. The second-order valence-corrected chi connectivity index (χ2v) is 6.87. The Morgan fingerprint density at radius 2 is 1.85 bits per heavy atom. The maximum absolute atomic E-state index is 12.4. The van der Waals surface area contributed by atoms with Crippen LogP contribution in [0.2, 0.25) is 0 Å². The smallest absolute Gasteiger partial charge is 0.273 e. The van der Waals surface area contributed by atoms with E-state index in [-0.39, 0.29) is 5.91 Å². The summed E-state index contributed by atoms with van der Waals surface area (Å²) in [4.78, 5) is 12.4. The molecule has 2 aromatic heterocycles. The highest BCUT2D eigenvalue weighted by Crippen LogP contribution is 2.26. The lowest BCUT2D eigenvalue weighted by molar-refractivity contribution is 0.0945. The van der Waals surface area contributed by atoms with Crippen LogP contribution in [0.5, 0.6) is 0 Å². The minimum atomic E-state index is -0.247. The number of fused-ring (bicyclic) bond motifs is 1. The summed E-state index contributed by atoms with van der Waals surface area (Å²) < 4.78 is 10.9. The first-order valence-electron chi connectivity index (χ1n) is 8.62. The lowest BCUT2D eigenvalue weighted by Crippen LogP contribution is -2.29. The molecule has 4 aromatic rings. The Balaban J connectivity index is 1.35. The third-order valence-electron chi connectivity index (χ3n) is 4.26. The zero-order valence-corrected chi connectivity index (χ0v) is 15.5. The van der Waals surface area contributed by atoms with E-state index in [2.05, 4.69) is 20.2 Å². The van der Waals surface area contributed by atoms with E-state index in [1.54, 1.807) is 0 Å². The molecule has 6 nitrogen and oxygen atoms in total. The van der Waals surface area contributed by atoms with Crippen LogP contribution < -0.4 is 10.6 Å². The number of nitrogens with one attached hydrogen (secondary N) is 2. The van der Waals surface area contributed by atoms with Crippen molar-refractivity contribution in [3.63, 3.8) is 0 Å². The van der Waals surface area contributed by atoms with Crippen molar-refractivity contribution in [2.75, 3.05) is 18.4 Å². The van der Waals surface area contributed by atoms with Gasteiger partial charge in [-0.25, -0.2) is 0 Å². The standard InChI is InChI=1S/C20H18N4O2S/c1-13-17(23-26-18(13)14-7-3-2-4-8-14)20(25)22-12-11-21-19-15-9-5-6-10-16(15)27-24-19/h2-10H,11-12H2,1H3,(H,21,24)(H,22,25). The molecule has 0 spiro atoms. The van der Waals surface area contributed by atoms with Gasteiger partial charge in [-0.3, -0.25) is 4.79 Å². The Labute approximate surface area is 160 Å². The van der Waals surface area contributed by atoms with E-state index in [9.17, 15) is 4.79 Å². The van der Waals surface area contributed by atoms with Gasteiger partial charge in [0.1, 0.15) is 5.82 Å². The lowest BCUT2D eigenvalue weighted by Gasteiger charge is -2.05. The van der Waals surface area contributed by atoms with Gasteiger partial charge in [-0.2, -0.15) is 4.37 Å². The van der Waals surface area contributed by atoms with Gasteiger partial charge in [0.25, 0.3) is 5.91 Å². The van der Waals surface area contributed by atoms with Crippen molar-refractivity contribution in [1.29, 1.82) is 0 Å². The van der Waals surface area contributed by atoms with Gasteiger partial charge in [-0.15, -0.1) is 0 Å². The van der Waals surface area contributed by atoms with Crippen molar-refractivity contribution < 1.29 is 9.32 Å². The first-order valence-corrected chi connectivity index (χ1v) is 9.39. The summed E-state index contributed by atoms with van der Waals surface area (Å²) in [5.74, 6) is 1.21. The number of nitrogens with zero attached hydrogens (tertiary/aromatic N) is 2. The molecule has 7 heteroatoms. The Bertz CT molecular complexity index is 1070. The summed E-state index contributed by atoms with van der Waals surface area (Å²) in [5.41, 5.74) is 1.95. The van der Waals surface area contributed by atoms with Gasteiger partial charge < -0.3 is 15.2 Å². The van der Waals surface area contributed by atoms with E-state index in [0.29, 0.717) is 24.5 Å². The van der Waals surface area contributed by atoms with Gasteiger partial charge in [-0.1, -0.05) is 47.6 Å². The second-order valence-electron chi connectivity index (χ2n) is 6.06. The SMILES string of the molecule is Cc1c(C(=O)NCCNc2nsc3ccccc23)noc1-c1ccccc1. The van der Waals surface area contributed by atoms with Crippen LogP contribution in [0, 0.1) is 6.92 Å². The van der Waals surface area contributed by atoms with Crippen LogP contribution in [-0.2, 0) is 0 Å². The number of hydrogen-bond acceptors (Lipinski definition) is 6. The van der Waals surface area contributed by atoms with E-state index < -0.39 is 0 Å². The Kier molecular flexibility index (Phi) is 4.84. The Morgan fingerprint density at radius 3 is 2.70 bits per heavy atom. The number of benzene rings is 2. The van der Waals surface area contributed by atoms with Gasteiger partial charge in [0, 0.05) is 29.6 Å². The van der Waals surface area contributed by atoms with Crippen LogP contribution in [0.4, 0.5) is 5.82 Å². The molecule has 0 atom stereocenters. The number of carbonyl (C=O) groups is 1. The first kappa shape index (κ1) is 17.2. The fraction of sp³-hybridized carbons (Fsp3) is 0.150. The van der Waals surface area contributed by atoms with Crippen LogP contribution in [-0.4, -0.2) is 28.5 Å². The maximum Gasteiger partial charge on any atom is 0.273 e. The third kappa shape index (κ3) is 3.54. The molecule has 27 heavy (non-hydrogen) atoms. The van der Waals surface area contributed by atoms with E-state index in [4.69, 9.17) is 4.52 Å². The third-order valence-corrected chi connectivity index (χ3v) is 5.08. The number of hydrogen-bond donors (Lipinski definition) is 2. The van der Waals surface area contributed by atoms with E-state index in [1.807, 2.05) is 61.5 Å². The van der Waals surface area contributed by atoms with Crippen LogP contribution in [0.15, 0.2) is 59.1 Å². The van der Waals surface area contributed by atoms with Crippen molar-refractivity contribution in [3.05, 3.63) is 65.9 Å². The molecule has 0 unspecified atom stereocenters. The molecule has 0 aliphatic heterocycles. The zero-order valence-electron chi connectivity index (χ0n) is 14.7. The molecular formula is C20H18N4O2S. The van der Waals surface area contributed by atoms with Gasteiger partial charge in [0.15, 0.2) is 11.5 Å². The normalized spacial score (nSPS) is 10.9. The molecule has 136 valence electrons. The fourth-order valence-corrected chi connectivity index (χ4v) is 3.62. The molecule has 0 saturated heterocycles. The second kappa shape index (κ2) is 7.59. The van der Waals surface area contributed by atoms with E-state index in [1.165, 1.54) is 11.5 Å². The summed E-state index contributed by atoms with van der Waals surface area (Å²) in [6.45, 7) is 2.87. The summed E-state index contributed by atoms with van der Waals surface area (Å²) in [6, 6.07) is 17.7. The average molecular weight is 378 g/mol. The summed E-state index contributed by atoms with van der Waals surface area (Å²) >= 11 is 1.46. The van der Waals surface area contributed by atoms with Gasteiger partial charge in [0.05, 0.1) is 4.70 Å². The van der Waals surface area contributed by atoms with Crippen LogP contribution in [0.3, 0.4) is 0 Å². The highest BCUT2D eigenvalue weighted by molar-refractivity contribution is 7.13. The Hall–Kier alpha value is -3.19. The molecular weight excluding hydrogens is 360 g/mol. The molecule has 4 rings (SSSR count). The van der Waals surface area contributed by atoms with Gasteiger partial charge >= 0.3 is 0 Å². The molecule has 0 bridgehead atoms. The first-order chi connectivity index (χ1) is 13.2. The Morgan fingerprint density at radius 1 is 1.07 bits per heavy atom. The molecule has 0 radical (unpaired) electrons. The molecule has 0 saturated carbocycles. The van der Waals surface area contributed by atoms with Crippen molar-refractivity contribution >= 4 is 33.3 Å². The van der Waals surface area contributed by atoms with Crippen LogP contribution >= 0.6 is 11.5 Å². The molecule has 0 aliphatic rings. The van der Waals surface area contributed by atoms with Crippen molar-refractivity contribution in [2.24, 2.45) is 0 Å². The number of amides is 1. The number of rotatable bonds is 6. The highest BCUT2D eigenvalue weighted by atomic mass is 32.1.